The van der Waals surface area contributed by atoms with Crippen LogP contribution in [0.5, 0.6) is 0 Å². The molecule has 2 atom stereocenters. The molecular weight excluding hydrogens is 404 g/mol. The van der Waals surface area contributed by atoms with Crippen LogP contribution in [-0.2, 0) is 6.54 Å². The van der Waals surface area contributed by atoms with Crippen LogP contribution in [0.25, 0.3) is 11.2 Å². The van der Waals surface area contributed by atoms with E-state index >= 15 is 0 Å². The van der Waals surface area contributed by atoms with E-state index in [0.29, 0.717) is 48.1 Å². The third-order valence-corrected chi connectivity index (χ3v) is 6.14. The Labute approximate surface area is 188 Å². The Morgan fingerprint density at radius 3 is 2.88 bits per heavy atom. The van der Waals surface area contributed by atoms with Crippen molar-refractivity contribution in [3.8, 4) is 11.8 Å². The Balaban J connectivity index is 1.79. The molecule has 3 aromatic heterocycles. The SMILES string of the molecule is CCC(C)=Nc1nc(C#C[C@]2(O)CCC[C@@H](C)C2)nc2c1ncn2Cc1c(C)noc1C. The molecule has 0 aromatic carbocycles. The van der Waals surface area contributed by atoms with Gasteiger partial charge in [0.15, 0.2) is 17.0 Å². The van der Waals surface area contributed by atoms with Crippen LogP contribution >= 0.6 is 0 Å². The number of aliphatic imine (C=N–C) groups is 1. The highest BCUT2D eigenvalue weighted by Crippen LogP contribution is 2.31. The monoisotopic (exact) mass is 434 g/mol. The maximum Gasteiger partial charge on any atom is 0.209 e. The minimum absolute atomic E-state index is 0.340. The quantitative estimate of drug-likeness (QED) is 0.486. The van der Waals surface area contributed by atoms with Crippen molar-refractivity contribution in [1.29, 1.82) is 0 Å². The lowest BCUT2D eigenvalue weighted by atomic mass is 9.79. The molecule has 0 radical (unpaired) electrons. The fourth-order valence-electron chi connectivity index (χ4n) is 4.15. The van der Waals surface area contributed by atoms with Crippen LogP contribution in [-0.4, -0.2) is 41.1 Å². The zero-order chi connectivity index (χ0) is 22.9. The van der Waals surface area contributed by atoms with E-state index in [-0.39, 0.29) is 0 Å². The van der Waals surface area contributed by atoms with Gasteiger partial charge in [-0.05, 0) is 58.3 Å². The van der Waals surface area contributed by atoms with E-state index in [1.165, 1.54) is 0 Å². The smallest absolute Gasteiger partial charge is 0.209 e. The molecule has 1 saturated carbocycles. The van der Waals surface area contributed by atoms with Crippen molar-refractivity contribution in [1.82, 2.24) is 24.7 Å². The lowest BCUT2D eigenvalue weighted by Crippen LogP contribution is -2.32. The van der Waals surface area contributed by atoms with E-state index in [9.17, 15) is 5.11 Å². The average Bonchev–Trinajstić information content (AvgIpc) is 3.30. The largest absolute Gasteiger partial charge is 0.378 e. The summed E-state index contributed by atoms with van der Waals surface area (Å²) in [6, 6.07) is 0. The molecule has 1 aliphatic rings. The summed E-state index contributed by atoms with van der Waals surface area (Å²) in [7, 11) is 0. The fraction of sp³-hybridized carbons (Fsp3) is 0.542. The molecule has 3 aromatic rings. The highest BCUT2D eigenvalue weighted by molar-refractivity contribution is 5.89. The highest BCUT2D eigenvalue weighted by Gasteiger charge is 2.30. The molecule has 0 spiro atoms. The number of rotatable bonds is 4. The van der Waals surface area contributed by atoms with Gasteiger partial charge in [-0.3, -0.25) is 0 Å². The molecule has 0 unspecified atom stereocenters. The first kappa shape index (κ1) is 22.2. The summed E-state index contributed by atoms with van der Waals surface area (Å²) in [4.78, 5) is 18.5. The number of hydrogen-bond acceptors (Lipinski definition) is 7. The highest BCUT2D eigenvalue weighted by atomic mass is 16.5. The maximum absolute atomic E-state index is 10.9. The topological polar surface area (TPSA) is 102 Å². The van der Waals surface area contributed by atoms with Crippen molar-refractivity contribution in [2.75, 3.05) is 0 Å². The third-order valence-electron chi connectivity index (χ3n) is 6.14. The Morgan fingerprint density at radius 2 is 2.19 bits per heavy atom. The Morgan fingerprint density at radius 1 is 1.38 bits per heavy atom. The molecule has 0 amide bonds. The summed E-state index contributed by atoms with van der Waals surface area (Å²) in [6.45, 7) is 10.5. The van der Waals surface area contributed by atoms with Gasteiger partial charge in [0, 0.05) is 11.3 Å². The predicted octanol–water partition coefficient (Wildman–Crippen LogP) is 4.27. The standard InChI is InChI=1S/C24H30N6O2/c1-6-16(3)26-22-21-23(30(14-25-21)13-19-17(4)29-32-18(19)5)28-20(27-22)9-11-24(31)10-7-8-15(2)12-24/h14-15,31H,6-8,10,12-13H2,1-5H3/t15-,24-/m1/s1. The normalized spacial score (nSPS) is 21.6. The van der Waals surface area contributed by atoms with Crippen molar-refractivity contribution in [3.05, 3.63) is 29.2 Å². The van der Waals surface area contributed by atoms with E-state index in [4.69, 9.17) is 4.52 Å². The van der Waals surface area contributed by atoms with Crippen LogP contribution in [0, 0.1) is 31.6 Å². The van der Waals surface area contributed by atoms with Crippen LogP contribution < -0.4 is 0 Å². The van der Waals surface area contributed by atoms with Crippen LogP contribution in [0.15, 0.2) is 15.8 Å². The maximum atomic E-state index is 10.9. The van der Waals surface area contributed by atoms with Crippen molar-refractivity contribution >= 4 is 22.7 Å². The summed E-state index contributed by atoms with van der Waals surface area (Å²) in [5.41, 5.74) is 3.07. The Hall–Kier alpha value is -3.05. The van der Waals surface area contributed by atoms with Gasteiger partial charge < -0.3 is 14.2 Å². The number of imidazole rings is 1. The average molecular weight is 435 g/mol. The second-order valence-electron chi connectivity index (χ2n) is 8.90. The zero-order valence-corrected chi connectivity index (χ0v) is 19.4. The molecule has 1 fully saturated rings. The molecular formula is C24H30N6O2. The van der Waals surface area contributed by atoms with Crippen LogP contribution in [0.2, 0.25) is 0 Å². The molecule has 4 rings (SSSR count). The predicted molar refractivity (Wildman–Crippen MR) is 123 cm³/mol. The van der Waals surface area contributed by atoms with Crippen molar-refractivity contribution in [3.63, 3.8) is 0 Å². The van der Waals surface area contributed by atoms with Gasteiger partial charge in [0.1, 0.15) is 11.4 Å². The lowest BCUT2D eigenvalue weighted by Gasteiger charge is -2.30. The molecule has 32 heavy (non-hydrogen) atoms. The summed E-state index contributed by atoms with van der Waals surface area (Å²) in [5.74, 6) is 8.16. The number of hydrogen-bond donors (Lipinski definition) is 1. The van der Waals surface area contributed by atoms with E-state index < -0.39 is 5.60 Å². The third kappa shape index (κ3) is 4.58. The Kier molecular flexibility index (Phi) is 6.11. The summed E-state index contributed by atoms with van der Waals surface area (Å²) < 4.78 is 7.24. The minimum atomic E-state index is -0.990. The number of nitrogens with zero attached hydrogens (tertiary/aromatic N) is 6. The van der Waals surface area contributed by atoms with Crippen molar-refractivity contribution < 1.29 is 9.63 Å². The van der Waals surface area contributed by atoms with Gasteiger partial charge in [-0.2, -0.15) is 4.98 Å². The van der Waals surface area contributed by atoms with E-state index in [0.717, 1.165) is 42.0 Å². The molecule has 8 nitrogen and oxygen atoms in total. The number of fused-ring (bicyclic) bond motifs is 1. The second-order valence-corrected chi connectivity index (χ2v) is 8.90. The first-order valence-corrected chi connectivity index (χ1v) is 11.2. The van der Waals surface area contributed by atoms with E-state index in [2.05, 4.69) is 43.9 Å². The van der Waals surface area contributed by atoms with Gasteiger partial charge >= 0.3 is 0 Å². The molecule has 0 bridgehead atoms. The number of aryl methyl sites for hydroxylation is 2. The summed E-state index contributed by atoms with van der Waals surface area (Å²) in [5, 5.41) is 15.0. The number of aliphatic hydroxyl groups is 1. The van der Waals surface area contributed by atoms with Gasteiger partial charge in [0.25, 0.3) is 0 Å². The Bertz CT molecular complexity index is 1210. The zero-order valence-electron chi connectivity index (χ0n) is 19.4. The molecule has 0 saturated heterocycles. The summed E-state index contributed by atoms with van der Waals surface area (Å²) >= 11 is 0. The van der Waals surface area contributed by atoms with Gasteiger partial charge in [-0.1, -0.05) is 31.3 Å². The molecule has 3 heterocycles. The van der Waals surface area contributed by atoms with Crippen LogP contribution in [0.3, 0.4) is 0 Å². The molecule has 8 heteroatoms. The van der Waals surface area contributed by atoms with Crippen molar-refractivity contribution in [2.24, 2.45) is 10.9 Å². The van der Waals surface area contributed by atoms with E-state index in [1.54, 1.807) is 6.33 Å². The molecule has 1 N–H and O–H groups in total. The van der Waals surface area contributed by atoms with Crippen molar-refractivity contribution in [2.45, 2.75) is 78.9 Å². The van der Waals surface area contributed by atoms with Gasteiger partial charge in [0.2, 0.25) is 5.82 Å². The van der Waals surface area contributed by atoms with Crippen LogP contribution in [0.1, 0.15) is 75.7 Å². The van der Waals surface area contributed by atoms with E-state index in [1.807, 2.05) is 32.3 Å². The van der Waals surface area contributed by atoms with Gasteiger partial charge in [-0.25, -0.2) is 15.0 Å². The molecule has 0 aliphatic heterocycles. The summed E-state index contributed by atoms with van der Waals surface area (Å²) in [6.07, 6.45) is 6.00. The fourth-order valence-corrected chi connectivity index (χ4v) is 4.15. The number of aromatic nitrogens is 5. The van der Waals surface area contributed by atoms with Gasteiger partial charge in [-0.15, -0.1) is 0 Å². The molecule has 1 aliphatic carbocycles. The first-order valence-electron chi connectivity index (χ1n) is 11.2. The lowest BCUT2D eigenvalue weighted by molar-refractivity contribution is 0.0410. The molecule has 168 valence electrons. The minimum Gasteiger partial charge on any atom is -0.378 e. The van der Waals surface area contributed by atoms with Crippen LogP contribution in [0.4, 0.5) is 5.82 Å². The van der Waals surface area contributed by atoms with Gasteiger partial charge in [0.05, 0.1) is 18.6 Å². The first-order chi connectivity index (χ1) is 15.3. The second kappa shape index (κ2) is 8.83.